The van der Waals surface area contributed by atoms with Gasteiger partial charge in [0.05, 0.1) is 28.1 Å². The van der Waals surface area contributed by atoms with Crippen LogP contribution in [0.5, 0.6) is 0 Å². The van der Waals surface area contributed by atoms with Crippen LogP contribution in [0.15, 0.2) is 75.9 Å². The number of aromatic carboxylic acids is 1. The number of hydrogen-bond donors (Lipinski definition) is 2. The zero-order valence-electron chi connectivity index (χ0n) is 24.7. The number of carboxylic acid groups (broad SMARTS) is 1. The molecule has 8 rings (SSSR count). The Balaban J connectivity index is 1.25. The van der Waals surface area contributed by atoms with Gasteiger partial charge < -0.3 is 14.7 Å². The Hall–Kier alpha value is -3.53. The lowest BCUT2D eigenvalue weighted by Gasteiger charge is -2.44. The molecule has 43 heavy (non-hydrogen) atoms. The lowest BCUT2D eigenvalue weighted by atomic mass is 9.71. The van der Waals surface area contributed by atoms with Crippen molar-refractivity contribution >= 4 is 33.2 Å². The number of hydrogen-bond acceptors (Lipinski definition) is 5. The second-order valence-corrected chi connectivity index (χ2v) is 15.2. The zero-order chi connectivity index (χ0) is 30.2. The second kappa shape index (κ2) is 8.55. The van der Waals surface area contributed by atoms with Gasteiger partial charge in [-0.15, -0.1) is 0 Å². The van der Waals surface area contributed by atoms with Crippen molar-refractivity contribution in [3.63, 3.8) is 0 Å². The fourth-order valence-electron chi connectivity index (χ4n) is 8.72. The third kappa shape index (κ3) is 3.65. The molecule has 0 spiro atoms. The molecular formula is C34H35N2O6S+. The third-order valence-corrected chi connectivity index (χ3v) is 11.5. The van der Waals surface area contributed by atoms with Crippen molar-refractivity contribution in [2.24, 2.45) is 5.92 Å². The van der Waals surface area contributed by atoms with Gasteiger partial charge >= 0.3 is 5.97 Å². The van der Waals surface area contributed by atoms with Crippen LogP contribution in [0.4, 0.5) is 11.4 Å². The summed E-state index contributed by atoms with van der Waals surface area (Å²) in [5.74, 6) is -0.572. The van der Waals surface area contributed by atoms with E-state index >= 15 is 0 Å². The summed E-state index contributed by atoms with van der Waals surface area (Å²) < 4.78 is 42.9. The van der Waals surface area contributed by atoms with E-state index in [1.807, 2.05) is 18.2 Å². The number of benzene rings is 2. The SMILES string of the molecule is CC1(C)C2=C3C=C4C=C5C6=[N+](CC[C@H]5O[C@H]4C[C@H]3CCN2c2ccc(S(=O)(=O)O)cc21)c1ccc(C(=O)O)cc1C6(C)C. The number of ether oxygens (including phenoxy) is 1. The van der Waals surface area contributed by atoms with Crippen molar-refractivity contribution in [1.82, 2.24) is 0 Å². The van der Waals surface area contributed by atoms with Crippen LogP contribution >= 0.6 is 0 Å². The van der Waals surface area contributed by atoms with Crippen molar-refractivity contribution in [3.8, 4) is 0 Å². The van der Waals surface area contributed by atoms with Crippen LogP contribution in [0, 0.1) is 5.92 Å². The lowest BCUT2D eigenvalue weighted by molar-refractivity contribution is -0.445. The predicted octanol–water partition coefficient (Wildman–Crippen LogP) is 5.51. The van der Waals surface area contributed by atoms with E-state index in [9.17, 15) is 22.9 Å². The maximum atomic E-state index is 12.0. The highest BCUT2D eigenvalue weighted by Gasteiger charge is 2.54. The summed E-state index contributed by atoms with van der Waals surface area (Å²) in [5.41, 5.74) is 9.52. The van der Waals surface area contributed by atoms with Crippen molar-refractivity contribution < 1.29 is 32.2 Å². The number of fused-ring (bicyclic) bond motifs is 9. The summed E-state index contributed by atoms with van der Waals surface area (Å²) in [7, 11) is -4.31. The van der Waals surface area contributed by atoms with Crippen LogP contribution in [-0.4, -0.2) is 59.6 Å². The Bertz CT molecular complexity index is 1910. The first-order valence-electron chi connectivity index (χ1n) is 15.0. The molecule has 0 radical (unpaired) electrons. The Labute approximate surface area is 251 Å². The molecule has 6 aliphatic rings. The molecule has 0 unspecified atom stereocenters. The first-order chi connectivity index (χ1) is 20.3. The molecule has 0 saturated carbocycles. The standard InChI is InChI=1S/C34H34N2O6S/c1-33(2)24-15-19(32(37)38)5-7-26(24)36-12-10-28-23(31(33)36)14-20-13-22-18(16-29(20)42-28)9-11-35-27-8-6-21(43(39,40)41)17-25(27)34(3,4)30(22)35/h5-8,13-15,17-18,28-29H,9-12,16H2,1-4H3,(H-,37,38,39,40,41)/p+1/t18-,28-,29+/m1/s1. The molecule has 2 aromatic carbocycles. The van der Waals surface area contributed by atoms with E-state index in [1.165, 1.54) is 28.6 Å². The van der Waals surface area contributed by atoms with Crippen LogP contribution < -0.4 is 4.90 Å². The summed E-state index contributed by atoms with van der Waals surface area (Å²) in [5, 5.41) is 9.66. The van der Waals surface area contributed by atoms with E-state index in [0.29, 0.717) is 11.5 Å². The fraction of sp³-hybridized carbons (Fsp3) is 0.412. The molecule has 222 valence electrons. The van der Waals surface area contributed by atoms with Crippen LogP contribution in [0.3, 0.4) is 0 Å². The molecule has 5 heterocycles. The van der Waals surface area contributed by atoms with Crippen molar-refractivity contribution in [3.05, 3.63) is 87.7 Å². The highest BCUT2D eigenvalue weighted by atomic mass is 32.2. The van der Waals surface area contributed by atoms with Gasteiger partial charge in [0.1, 0.15) is 0 Å². The topological polar surface area (TPSA) is 107 Å². The number of rotatable bonds is 2. The van der Waals surface area contributed by atoms with Gasteiger partial charge in [-0.2, -0.15) is 13.0 Å². The molecule has 0 amide bonds. The van der Waals surface area contributed by atoms with Crippen LogP contribution in [0.1, 0.15) is 68.4 Å². The summed E-state index contributed by atoms with van der Waals surface area (Å²) in [6, 6.07) is 10.4. The smallest absolute Gasteiger partial charge is 0.335 e. The van der Waals surface area contributed by atoms with E-state index in [1.54, 1.807) is 12.1 Å². The normalized spacial score (nSPS) is 27.7. The van der Waals surface area contributed by atoms with E-state index < -0.39 is 21.5 Å². The van der Waals surface area contributed by atoms with E-state index in [4.69, 9.17) is 4.74 Å². The minimum Gasteiger partial charge on any atom is -0.478 e. The van der Waals surface area contributed by atoms with E-state index in [2.05, 4.69) is 49.3 Å². The van der Waals surface area contributed by atoms with Crippen molar-refractivity contribution in [2.75, 3.05) is 18.0 Å². The molecule has 0 bridgehead atoms. The van der Waals surface area contributed by atoms with Crippen LogP contribution in [-0.2, 0) is 25.7 Å². The van der Waals surface area contributed by atoms with E-state index in [-0.39, 0.29) is 22.5 Å². The Morgan fingerprint density at radius 2 is 1.79 bits per heavy atom. The maximum absolute atomic E-state index is 12.0. The van der Waals surface area contributed by atoms with Crippen LogP contribution in [0.2, 0.25) is 0 Å². The quantitative estimate of drug-likeness (QED) is 0.347. The molecule has 0 fully saturated rings. The van der Waals surface area contributed by atoms with Gasteiger partial charge in [0.2, 0.25) is 5.69 Å². The number of carboxylic acids is 1. The predicted molar refractivity (Wildman–Crippen MR) is 162 cm³/mol. The molecule has 5 aliphatic heterocycles. The monoisotopic (exact) mass is 599 g/mol. The molecular weight excluding hydrogens is 564 g/mol. The number of anilines is 1. The van der Waals surface area contributed by atoms with Gasteiger partial charge in [0.25, 0.3) is 10.1 Å². The average molecular weight is 600 g/mol. The molecule has 2 N–H and O–H groups in total. The lowest BCUT2D eigenvalue weighted by Crippen LogP contribution is -2.46. The Morgan fingerprint density at radius 3 is 2.53 bits per heavy atom. The summed E-state index contributed by atoms with van der Waals surface area (Å²) >= 11 is 0. The minimum atomic E-state index is -4.31. The van der Waals surface area contributed by atoms with Crippen molar-refractivity contribution in [2.45, 2.75) is 74.9 Å². The van der Waals surface area contributed by atoms with Crippen LogP contribution in [0.25, 0.3) is 0 Å². The Morgan fingerprint density at radius 1 is 1.00 bits per heavy atom. The minimum absolute atomic E-state index is 0.00116. The molecule has 3 atom stereocenters. The fourth-order valence-corrected chi connectivity index (χ4v) is 9.23. The summed E-state index contributed by atoms with van der Waals surface area (Å²) in [4.78, 5) is 14.0. The second-order valence-electron chi connectivity index (χ2n) is 13.8. The molecule has 9 heteroatoms. The van der Waals surface area contributed by atoms with Gasteiger partial charge in [0, 0.05) is 47.0 Å². The van der Waals surface area contributed by atoms with Gasteiger partial charge in [-0.3, -0.25) is 4.55 Å². The molecule has 2 aromatic rings. The highest BCUT2D eigenvalue weighted by Crippen LogP contribution is 2.55. The number of nitrogens with zero attached hydrogens (tertiary/aromatic N) is 2. The van der Waals surface area contributed by atoms with Gasteiger partial charge in [-0.1, -0.05) is 19.9 Å². The van der Waals surface area contributed by atoms with Gasteiger partial charge in [-0.25, -0.2) is 4.79 Å². The number of carbonyl (C=O) groups is 1. The van der Waals surface area contributed by atoms with Gasteiger partial charge in [0.15, 0.2) is 12.3 Å². The summed E-state index contributed by atoms with van der Waals surface area (Å²) in [6.45, 7) is 10.3. The first-order valence-corrected chi connectivity index (χ1v) is 16.5. The molecule has 0 saturated heterocycles. The van der Waals surface area contributed by atoms with Gasteiger partial charge in [-0.05, 0) is 85.7 Å². The third-order valence-electron chi connectivity index (χ3n) is 10.7. The molecule has 0 aromatic heterocycles. The molecule has 1 aliphatic carbocycles. The van der Waals surface area contributed by atoms with Crippen molar-refractivity contribution in [1.29, 1.82) is 0 Å². The largest absolute Gasteiger partial charge is 0.478 e. The average Bonchev–Trinajstić information content (AvgIpc) is 3.33. The van der Waals surface area contributed by atoms with E-state index in [0.717, 1.165) is 60.4 Å². The Kier molecular flexibility index (Phi) is 5.38. The first kappa shape index (κ1) is 27.0. The zero-order valence-corrected chi connectivity index (χ0v) is 25.5. The molecule has 8 nitrogen and oxygen atoms in total. The maximum Gasteiger partial charge on any atom is 0.335 e. The highest BCUT2D eigenvalue weighted by molar-refractivity contribution is 7.85. The summed E-state index contributed by atoms with van der Waals surface area (Å²) in [6.07, 6.45) is 7.44. The number of allylic oxidation sites excluding steroid dienone is 3.